The van der Waals surface area contributed by atoms with Gasteiger partial charge in [0.1, 0.15) is 13.5 Å². The quantitative estimate of drug-likeness (QED) is 0.172. The molecule has 0 N–H and O–H groups in total. The Labute approximate surface area is 147 Å². The molecule has 0 aromatic rings. The molecule has 0 unspecified atom stereocenters. The zero-order chi connectivity index (χ0) is 17.6. The first-order valence-corrected chi connectivity index (χ1v) is 13.4. The van der Waals surface area contributed by atoms with Crippen molar-refractivity contribution in [3.8, 4) is 0 Å². The maximum absolute atomic E-state index is 12.8. The summed E-state index contributed by atoms with van der Waals surface area (Å²) in [6.07, 6.45) is 17.2. The monoisotopic (exact) mass is 338 g/mol. The molecule has 0 fully saturated rings. The van der Waals surface area contributed by atoms with Crippen LogP contribution in [0.3, 0.4) is 0 Å². The second kappa shape index (κ2) is 14.0. The lowest BCUT2D eigenvalue weighted by Gasteiger charge is -2.19. The lowest BCUT2D eigenvalue weighted by Crippen LogP contribution is -2.36. The Kier molecular flexibility index (Phi) is 13.8. The molecule has 0 rings (SSSR count). The molecule has 0 spiro atoms. The van der Waals surface area contributed by atoms with Crippen LogP contribution in [-0.4, -0.2) is 13.5 Å². The van der Waals surface area contributed by atoms with Gasteiger partial charge in [-0.05, 0) is 31.8 Å². The van der Waals surface area contributed by atoms with Crippen LogP contribution >= 0.6 is 0 Å². The van der Waals surface area contributed by atoms with E-state index in [4.69, 9.17) is 0 Å². The van der Waals surface area contributed by atoms with E-state index < -0.39 is 8.07 Å². The second-order valence-electron chi connectivity index (χ2n) is 7.78. The van der Waals surface area contributed by atoms with Crippen LogP contribution in [0.15, 0.2) is 11.6 Å². The standard InChI is InChI=1S/C21H42OSi/c1-6-9-12-13-14-15-18-23(4,5)21(22)19-20(16-10-7-2)17-11-8-3/h19H,6-18H2,1-5H3. The highest BCUT2D eigenvalue weighted by molar-refractivity contribution is 7.05. The summed E-state index contributed by atoms with van der Waals surface area (Å²) in [6, 6.07) is 1.17. The summed E-state index contributed by atoms with van der Waals surface area (Å²) in [5.41, 5.74) is 1.42. The zero-order valence-corrected chi connectivity index (χ0v) is 17.7. The molecule has 0 amide bonds. The Morgan fingerprint density at radius 3 is 1.74 bits per heavy atom. The average Bonchev–Trinajstić information content (AvgIpc) is 2.53. The van der Waals surface area contributed by atoms with E-state index in [1.54, 1.807) is 0 Å². The number of rotatable bonds is 15. The van der Waals surface area contributed by atoms with Crippen LogP contribution in [0.2, 0.25) is 19.1 Å². The maximum atomic E-state index is 12.8. The van der Waals surface area contributed by atoms with Crippen LogP contribution < -0.4 is 0 Å². The van der Waals surface area contributed by atoms with E-state index in [-0.39, 0.29) is 0 Å². The van der Waals surface area contributed by atoms with E-state index in [0.717, 1.165) is 12.8 Å². The molecule has 0 aromatic carbocycles. The fraction of sp³-hybridized carbons (Fsp3) is 0.857. The van der Waals surface area contributed by atoms with Crippen molar-refractivity contribution in [2.45, 2.75) is 117 Å². The Morgan fingerprint density at radius 2 is 1.22 bits per heavy atom. The highest BCUT2D eigenvalue weighted by atomic mass is 28.3. The molecule has 1 nitrogen and oxygen atoms in total. The molecular weight excluding hydrogens is 296 g/mol. The number of carbonyl (C=O) groups excluding carboxylic acids is 1. The van der Waals surface area contributed by atoms with Gasteiger partial charge in [-0.15, -0.1) is 0 Å². The minimum absolute atomic E-state index is 0.494. The highest BCUT2D eigenvalue weighted by Crippen LogP contribution is 2.21. The van der Waals surface area contributed by atoms with Crippen LogP contribution in [0.5, 0.6) is 0 Å². The Morgan fingerprint density at radius 1 is 0.739 bits per heavy atom. The SMILES string of the molecule is CCCCCCCC[Si](C)(C)C(=O)C=C(CCCC)CCCC. The average molecular weight is 339 g/mol. The predicted octanol–water partition coefficient (Wildman–Crippen LogP) is 7.47. The molecule has 0 aliphatic carbocycles. The van der Waals surface area contributed by atoms with Gasteiger partial charge >= 0.3 is 0 Å². The zero-order valence-electron chi connectivity index (χ0n) is 16.7. The van der Waals surface area contributed by atoms with Crippen LogP contribution in [-0.2, 0) is 4.79 Å². The van der Waals surface area contributed by atoms with Gasteiger partial charge < -0.3 is 4.79 Å². The minimum Gasteiger partial charge on any atom is -0.301 e. The molecule has 0 atom stereocenters. The van der Waals surface area contributed by atoms with Crippen molar-refractivity contribution in [2.75, 3.05) is 0 Å². The van der Waals surface area contributed by atoms with E-state index in [0.29, 0.717) is 5.41 Å². The van der Waals surface area contributed by atoms with Crippen molar-refractivity contribution < 1.29 is 4.79 Å². The predicted molar refractivity (Wildman–Crippen MR) is 108 cm³/mol. The molecule has 0 aromatic heterocycles. The van der Waals surface area contributed by atoms with Crippen molar-refractivity contribution in [3.63, 3.8) is 0 Å². The fourth-order valence-electron chi connectivity index (χ4n) is 2.93. The molecule has 0 saturated heterocycles. The van der Waals surface area contributed by atoms with Crippen molar-refractivity contribution in [1.82, 2.24) is 0 Å². The number of unbranched alkanes of at least 4 members (excludes halogenated alkanes) is 7. The molecule has 0 aliphatic rings. The summed E-state index contributed by atoms with van der Waals surface area (Å²) in [5.74, 6) is 0. The van der Waals surface area contributed by atoms with E-state index in [1.807, 2.05) is 0 Å². The number of allylic oxidation sites excluding steroid dienone is 2. The van der Waals surface area contributed by atoms with Gasteiger partial charge in [0.25, 0.3) is 0 Å². The number of carbonyl (C=O) groups is 1. The first-order valence-electron chi connectivity index (χ1n) is 10.2. The molecular formula is C21H42OSi. The van der Waals surface area contributed by atoms with Crippen LogP contribution in [0, 0.1) is 0 Å². The van der Waals surface area contributed by atoms with Gasteiger partial charge in [0.15, 0.2) is 0 Å². The molecule has 0 radical (unpaired) electrons. The Balaban J connectivity index is 4.39. The molecule has 0 heterocycles. The van der Waals surface area contributed by atoms with Gasteiger partial charge in [0.2, 0.25) is 0 Å². The van der Waals surface area contributed by atoms with Gasteiger partial charge in [-0.2, -0.15) is 0 Å². The van der Waals surface area contributed by atoms with Gasteiger partial charge in [-0.1, -0.05) is 96.8 Å². The van der Waals surface area contributed by atoms with Crippen LogP contribution in [0.25, 0.3) is 0 Å². The molecule has 0 aliphatic heterocycles. The van der Waals surface area contributed by atoms with Crippen molar-refractivity contribution in [2.24, 2.45) is 0 Å². The smallest absolute Gasteiger partial charge is 0.133 e. The van der Waals surface area contributed by atoms with Crippen LogP contribution in [0.1, 0.15) is 97.8 Å². The summed E-state index contributed by atoms with van der Waals surface area (Å²) in [6.45, 7) is 11.3. The van der Waals surface area contributed by atoms with Gasteiger partial charge in [-0.25, -0.2) is 0 Å². The molecule has 0 saturated carbocycles. The van der Waals surface area contributed by atoms with E-state index in [2.05, 4.69) is 39.9 Å². The minimum atomic E-state index is -1.73. The van der Waals surface area contributed by atoms with E-state index in [1.165, 1.54) is 75.8 Å². The van der Waals surface area contributed by atoms with Crippen molar-refractivity contribution in [3.05, 3.63) is 11.6 Å². The molecule has 2 heteroatoms. The lowest BCUT2D eigenvalue weighted by molar-refractivity contribution is -0.108. The van der Waals surface area contributed by atoms with E-state index in [9.17, 15) is 4.79 Å². The first kappa shape index (κ1) is 22.6. The topological polar surface area (TPSA) is 17.1 Å². The normalized spacial score (nSPS) is 11.5. The third-order valence-electron chi connectivity index (χ3n) is 4.86. The Bertz CT molecular complexity index is 321. The van der Waals surface area contributed by atoms with Crippen molar-refractivity contribution >= 4 is 13.5 Å². The Hall–Kier alpha value is -0.373. The third kappa shape index (κ3) is 11.8. The maximum Gasteiger partial charge on any atom is 0.133 e. The molecule has 136 valence electrons. The molecule has 0 bridgehead atoms. The summed E-state index contributed by atoms with van der Waals surface area (Å²) >= 11 is 0. The van der Waals surface area contributed by atoms with Gasteiger partial charge in [0, 0.05) is 0 Å². The highest BCUT2D eigenvalue weighted by Gasteiger charge is 2.28. The third-order valence-corrected chi connectivity index (χ3v) is 7.94. The molecule has 23 heavy (non-hydrogen) atoms. The fourth-order valence-corrected chi connectivity index (χ4v) is 4.90. The summed E-state index contributed by atoms with van der Waals surface area (Å²) in [4.78, 5) is 12.8. The number of hydrogen-bond acceptors (Lipinski definition) is 1. The summed E-state index contributed by atoms with van der Waals surface area (Å²) in [5, 5.41) is 0.494. The summed E-state index contributed by atoms with van der Waals surface area (Å²) in [7, 11) is -1.73. The first-order chi connectivity index (χ1) is 11.0. The summed E-state index contributed by atoms with van der Waals surface area (Å²) < 4.78 is 0. The lowest BCUT2D eigenvalue weighted by atomic mass is 10.0. The van der Waals surface area contributed by atoms with Gasteiger partial charge in [-0.3, -0.25) is 0 Å². The van der Waals surface area contributed by atoms with E-state index >= 15 is 0 Å². The van der Waals surface area contributed by atoms with Crippen molar-refractivity contribution in [1.29, 1.82) is 0 Å². The number of hydrogen-bond donors (Lipinski definition) is 0. The van der Waals surface area contributed by atoms with Gasteiger partial charge in [0.05, 0.1) is 0 Å². The second-order valence-corrected chi connectivity index (χ2v) is 12.5. The largest absolute Gasteiger partial charge is 0.301 e. The van der Waals surface area contributed by atoms with Crippen LogP contribution in [0.4, 0.5) is 0 Å².